The average Bonchev–Trinajstić information content (AvgIpc) is 2.91. The zero-order chi connectivity index (χ0) is 17.1. The summed E-state index contributed by atoms with van der Waals surface area (Å²) < 4.78 is 0. The first-order valence-electron chi connectivity index (χ1n) is 8.13. The third-order valence-electron chi connectivity index (χ3n) is 4.27. The number of hydrogen-bond donors (Lipinski definition) is 1. The van der Waals surface area contributed by atoms with Crippen LogP contribution in [0.4, 0.5) is 0 Å². The number of nitrogens with zero attached hydrogens (tertiary/aromatic N) is 2. The van der Waals surface area contributed by atoms with Crippen LogP contribution in [0.25, 0.3) is 0 Å². The molecule has 1 aliphatic heterocycles. The second-order valence-electron chi connectivity index (χ2n) is 6.36. The summed E-state index contributed by atoms with van der Waals surface area (Å²) in [6.45, 7) is 4.82. The van der Waals surface area contributed by atoms with E-state index >= 15 is 0 Å². The number of aromatic nitrogens is 1. The van der Waals surface area contributed by atoms with Crippen molar-refractivity contribution in [2.75, 3.05) is 0 Å². The number of carbonyl (C=O) groups is 2. The molecule has 2 amide bonds. The van der Waals surface area contributed by atoms with Gasteiger partial charge in [0, 0.05) is 31.0 Å². The maximum atomic E-state index is 12.7. The van der Waals surface area contributed by atoms with Gasteiger partial charge in [-0.3, -0.25) is 14.6 Å². The quantitative estimate of drug-likeness (QED) is 0.919. The van der Waals surface area contributed by atoms with E-state index in [-0.39, 0.29) is 17.7 Å². The maximum absolute atomic E-state index is 12.7. The molecule has 5 nitrogen and oxygen atoms in total. The van der Waals surface area contributed by atoms with Crippen LogP contribution < -0.4 is 5.32 Å². The zero-order valence-corrected chi connectivity index (χ0v) is 13.9. The van der Waals surface area contributed by atoms with Crippen molar-refractivity contribution < 1.29 is 9.59 Å². The minimum absolute atomic E-state index is 0.0251. The van der Waals surface area contributed by atoms with Gasteiger partial charge in [-0.1, -0.05) is 38.1 Å². The molecule has 0 saturated carbocycles. The average molecular weight is 323 g/mol. The van der Waals surface area contributed by atoms with Gasteiger partial charge in [-0.05, 0) is 29.2 Å². The van der Waals surface area contributed by atoms with Crippen LogP contribution in [0, 0.1) is 5.92 Å². The van der Waals surface area contributed by atoms with Gasteiger partial charge in [-0.25, -0.2) is 0 Å². The molecule has 2 heterocycles. The van der Waals surface area contributed by atoms with E-state index in [2.05, 4.69) is 10.3 Å². The molecule has 0 bridgehead atoms. The molecule has 0 aliphatic carbocycles. The molecule has 1 aromatic carbocycles. The monoisotopic (exact) mass is 323 g/mol. The highest BCUT2D eigenvalue weighted by atomic mass is 16.2. The van der Waals surface area contributed by atoms with Crippen molar-refractivity contribution in [3.63, 3.8) is 0 Å². The van der Waals surface area contributed by atoms with Crippen LogP contribution in [0.1, 0.15) is 35.3 Å². The molecule has 3 rings (SSSR count). The Morgan fingerprint density at radius 3 is 2.71 bits per heavy atom. The molecule has 1 atom stereocenters. The maximum Gasteiger partial charge on any atom is 0.255 e. The largest absolute Gasteiger partial charge is 0.350 e. The highest BCUT2D eigenvalue weighted by Gasteiger charge is 2.37. The van der Waals surface area contributed by atoms with Crippen molar-refractivity contribution in [1.29, 1.82) is 0 Å². The summed E-state index contributed by atoms with van der Waals surface area (Å²) in [6.07, 6.45) is 3.42. The fourth-order valence-corrected chi connectivity index (χ4v) is 3.10. The molecule has 2 aromatic rings. The number of hydrogen-bond acceptors (Lipinski definition) is 3. The van der Waals surface area contributed by atoms with Gasteiger partial charge in [0.05, 0.1) is 0 Å². The fourth-order valence-electron chi connectivity index (χ4n) is 3.10. The molecule has 1 N–H and O–H groups in total. The first kappa shape index (κ1) is 16.2. The second kappa shape index (κ2) is 6.83. The number of amides is 2. The number of benzene rings is 1. The van der Waals surface area contributed by atoms with Gasteiger partial charge in [0.25, 0.3) is 5.91 Å². The van der Waals surface area contributed by atoms with Gasteiger partial charge in [0.1, 0.15) is 6.04 Å². The predicted molar refractivity (Wildman–Crippen MR) is 91.0 cm³/mol. The Morgan fingerprint density at radius 1 is 1.25 bits per heavy atom. The number of nitrogens with one attached hydrogen (secondary N) is 1. The fraction of sp³-hybridized carbons (Fsp3) is 0.316. The molecular weight excluding hydrogens is 302 g/mol. The summed E-state index contributed by atoms with van der Waals surface area (Å²) >= 11 is 0. The SMILES string of the molecule is CC(C)C(C(=O)NCc1cccnc1)N1Cc2ccccc2C1=O. The number of carbonyl (C=O) groups excluding carboxylic acids is 2. The van der Waals surface area contributed by atoms with E-state index in [1.54, 1.807) is 17.3 Å². The lowest BCUT2D eigenvalue weighted by molar-refractivity contribution is -0.127. The van der Waals surface area contributed by atoms with Gasteiger partial charge < -0.3 is 10.2 Å². The van der Waals surface area contributed by atoms with Crippen molar-refractivity contribution in [2.45, 2.75) is 33.0 Å². The van der Waals surface area contributed by atoms with Crippen LogP contribution in [-0.4, -0.2) is 27.7 Å². The number of rotatable bonds is 5. The Hall–Kier alpha value is -2.69. The normalized spacial score (nSPS) is 14.6. The molecular formula is C19H21N3O2. The summed E-state index contributed by atoms with van der Waals surface area (Å²) in [5.41, 5.74) is 2.61. The van der Waals surface area contributed by atoms with Gasteiger partial charge >= 0.3 is 0 Å². The van der Waals surface area contributed by atoms with Crippen LogP contribution in [0.3, 0.4) is 0 Å². The van der Waals surface area contributed by atoms with Crippen molar-refractivity contribution in [3.8, 4) is 0 Å². The van der Waals surface area contributed by atoms with Gasteiger partial charge in [-0.2, -0.15) is 0 Å². The second-order valence-corrected chi connectivity index (χ2v) is 6.36. The van der Waals surface area contributed by atoms with Crippen LogP contribution >= 0.6 is 0 Å². The molecule has 5 heteroatoms. The Kier molecular flexibility index (Phi) is 4.60. The minimum atomic E-state index is -0.485. The van der Waals surface area contributed by atoms with Gasteiger partial charge in [-0.15, -0.1) is 0 Å². The Bertz CT molecular complexity index is 743. The molecule has 1 aromatic heterocycles. The van der Waals surface area contributed by atoms with Crippen LogP contribution in [0.5, 0.6) is 0 Å². The molecule has 1 unspecified atom stereocenters. The zero-order valence-electron chi connectivity index (χ0n) is 13.9. The minimum Gasteiger partial charge on any atom is -0.350 e. The Balaban J connectivity index is 1.74. The van der Waals surface area contributed by atoms with Gasteiger partial charge in [0.2, 0.25) is 5.91 Å². The van der Waals surface area contributed by atoms with Crippen molar-refractivity contribution in [1.82, 2.24) is 15.2 Å². The highest BCUT2D eigenvalue weighted by molar-refractivity contribution is 6.01. The summed E-state index contributed by atoms with van der Waals surface area (Å²) in [5, 5.41) is 2.93. The summed E-state index contributed by atoms with van der Waals surface area (Å²) in [5.74, 6) is -0.173. The Labute approximate surface area is 141 Å². The third-order valence-corrected chi connectivity index (χ3v) is 4.27. The third kappa shape index (κ3) is 3.15. The van der Waals surface area contributed by atoms with Gasteiger partial charge in [0.15, 0.2) is 0 Å². The molecule has 24 heavy (non-hydrogen) atoms. The van der Waals surface area contributed by atoms with E-state index in [1.165, 1.54) is 0 Å². The lowest BCUT2D eigenvalue weighted by Gasteiger charge is -2.29. The Morgan fingerprint density at radius 2 is 2.04 bits per heavy atom. The van der Waals surface area contributed by atoms with E-state index in [1.807, 2.05) is 50.2 Å². The number of fused-ring (bicyclic) bond motifs is 1. The molecule has 0 radical (unpaired) electrons. The first-order valence-corrected chi connectivity index (χ1v) is 8.13. The van der Waals surface area contributed by atoms with Crippen LogP contribution in [0.2, 0.25) is 0 Å². The molecule has 0 spiro atoms. The van der Waals surface area contributed by atoms with E-state index in [0.29, 0.717) is 18.7 Å². The van der Waals surface area contributed by atoms with Crippen molar-refractivity contribution in [3.05, 3.63) is 65.5 Å². The molecule has 1 aliphatic rings. The molecule has 0 saturated heterocycles. The van der Waals surface area contributed by atoms with Crippen molar-refractivity contribution >= 4 is 11.8 Å². The standard InChI is InChI=1S/C19H21N3O2/c1-13(2)17(18(23)21-11-14-6-5-9-20-10-14)22-12-15-7-3-4-8-16(15)19(22)24/h3-10,13,17H,11-12H2,1-2H3,(H,21,23). The van der Waals surface area contributed by atoms with E-state index in [4.69, 9.17) is 0 Å². The summed E-state index contributed by atoms with van der Waals surface area (Å²) in [6, 6.07) is 10.8. The van der Waals surface area contributed by atoms with Crippen molar-refractivity contribution in [2.24, 2.45) is 5.92 Å². The topological polar surface area (TPSA) is 62.3 Å². The van der Waals surface area contributed by atoms with Crippen LogP contribution in [0.15, 0.2) is 48.8 Å². The summed E-state index contributed by atoms with van der Waals surface area (Å²) in [4.78, 5) is 31.1. The smallest absolute Gasteiger partial charge is 0.255 e. The molecule has 124 valence electrons. The van der Waals surface area contributed by atoms with E-state index in [0.717, 1.165) is 11.1 Å². The highest BCUT2D eigenvalue weighted by Crippen LogP contribution is 2.27. The lowest BCUT2D eigenvalue weighted by atomic mass is 10.0. The van der Waals surface area contributed by atoms with E-state index in [9.17, 15) is 9.59 Å². The molecule has 0 fully saturated rings. The first-order chi connectivity index (χ1) is 11.6. The predicted octanol–water partition coefficient (Wildman–Crippen LogP) is 2.38. The lowest BCUT2D eigenvalue weighted by Crippen LogP contribution is -2.49. The van der Waals surface area contributed by atoms with E-state index < -0.39 is 6.04 Å². The van der Waals surface area contributed by atoms with Crippen LogP contribution in [-0.2, 0) is 17.9 Å². The summed E-state index contributed by atoms with van der Waals surface area (Å²) in [7, 11) is 0. The number of pyridine rings is 1.